The number of benzene rings is 1. The third kappa shape index (κ3) is 4.88. The van der Waals surface area contributed by atoms with E-state index in [-0.39, 0.29) is 17.3 Å². The normalized spacial score (nSPS) is 22.5. The molecule has 1 heterocycles. The number of carbonyl (C=O) groups excluding carboxylic acids is 2. The van der Waals surface area contributed by atoms with Crippen LogP contribution in [0, 0.1) is 5.92 Å². The van der Waals surface area contributed by atoms with Crippen LogP contribution in [-0.4, -0.2) is 24.5 Å². The van der Waals surface area contributed by atoms with E-state index >= 15 is 0 Å². The van der Waals surface area contributed by atoms with Crippen LogP contribution >= 0.6 is 0 Å². The molecule has 0 spiro atoms. The smallest absolute Gasteiger partial charge is 0.368 e. The van der Waals surface area contributed by atoms with E-state index in [1.165, 1.54) is 12.1 Å². The highest BCUT2D eigenvalue weighted by molar-refractivity contribution is 5.96. The Bertz CT molecular complexity index is 740. The maximum absolute atomic E-state index is 13.5. The molecule has 5 nitrogen and oxygen atoms in total. The first kappa shape index (κ1) is 19.4. The van der Waals surface area contributed by atoms with Crippen molar-refractivity contribution < 1.29 is 27.5 Å². The molecular weight excluding hydrogens is 361 g/mol. The van der Waals surface area contributed by atoms with Crippen LogP contribution in [0.15, 0.2) is 30.4 Å². The number of halogens is 3. The Balaban J connectivity index is 1.76. The first-order chi connectivity index (χ1) is 12.8. The van der Waals surface area contributed by atoms with E-state index < -0.39 is 29.7 Å². The van der Waals surface area contributed by atoms with Gasteiger partial charge in [-0.2, -0.15) is 13.2 Å². The second-order valence-corrected chi connectivity index (χ2v) is 6.72. The monoisotopic (exact) mass is 382 g/mol. The number of anilines is 2. The van der Waals surface area contributed by atoms with Crippen LogP contribution in [0.5, 0.6) is 0 Å². The number of alkyl halides is 3. The number of allylic oxidation sites excluding steroid dienone is 2. The Morgan fingerprint density at radius 1 is 1.07 bits per heavy atom. The number of hydrogen-bond donors (Lipinski definition) is 2. The summed E-state index contributed by atoms with van der Waals surface area (Å²) in [4.78, 5) is 24.3. The van der Waals surface area contributed by atoms with Crippen molar-refractivity contribution in [3.05, 3.63) is 35.9 Å². The predicted octanol–water partition coefficient (Wildman–Crippen LogP) is 4.12. The first-order valence-electron chi connectivity index (χ1n) is 8.94. The Hall–Kier alpha value is -2.35. The summed E-state index contributed by atoms with van der Waals surface area (Å²) in [5, 5.41) is 4.85. The molecule has 2 aliphatic rings. The SMILES string of the molecule is O=C(Nc1ccc(NC(=O)C2CCCO2)cc1C(F)(F)F)C1CC=CCC1. The zero-order valence-corrected chi connectivity index (χ0v) is 14.6. The molecule has 0 aromatic heterocycles. The minimum Gasteiger partial charge on any atom is -0.368 e. The molecule has 2 unspecified atom stereocenters. The lowest BCUT2D eigenvalue weighted by Gasteiger charge is -2.20. The van der Waals surface area contributed by atoms with Gasteiger partial charge in [0.2, 0.25) is 5.91 Å². The summed E-state index contributed by atoms with van der Waals surface area (Å²) < 4.78 is 45.6. The summed E-state index contributed by atoms with van der Waals surface area (Å²) in [6, 6.07) is 3.35. The number of ether oxygens (including phenoxy) is 1. The van der Waals surface area contributed by atoms with E-state index in [1.807, 2.05) is 12.2 Å². The van der Waals surface area contributed by atoms with Gasteiger partial charge in [-0.1, -0.05) is 12.2 Å². The molecule has 0 bridgehead atoms. The van der Waals surface area contributed by atoms with Crippen LogP contribution in [0.3, 0.4) is 0 Å². The minimum absolute atomic E-state index is 0.0152. The van der Waals surface area contributed by atoms with Crippen LogP contribution in [0.25, 0.3) is 0 Å². The molecule has 2 atom stereocenters. The van der Waals surface area contributed by atoms with E-state index in [4.69, 9.17) is 4.74 Å². The Morgan fingerprint density at radius 2 is 1.89 bits per heavy atom. The Morgan fingerprint density at radius 3 is 2.52 bits per heavy atom. The fraction of sp³-hybridized carbons (Fsp3) is 0.474. The standard InChI is InChI=1S/C19H21F3N2O3/c20-19(21,22)14-11-13(23-18(26)16-7-4-10-27-16)8-9-15(14)24-17(25)12-5-2-1-3-6-12/h1-2,8-9,11-12,16H,3-7,10H2,(H,23,26)(H,24,25). The molecule has 2 amide bonds. The number of nitrogens with one attached hydrogen (secondary N) is 2. The van der Waals surface area contributed by atoms with Gasteiger partial charge in [-0.15, -0.1) is 0 Å². The quantitative estimate of drug-likeness (QED) is 0.770. The molecule has 1 fully saturated rings. The molecule has 3 rings (SSSR count). The van der Waals surface area contributed by atoms with E-state index in [1.54, 1.807) is 0 Å². The van der Waals surface area contributed by atoms with E-state index in [9.17, 15) is 22.8 Å². The van der Waals surface area contributed by atoms with Crippen molar-refractivity contribution >= 4 is 23.2 Å². The second kappa shape index (κ2) is 8.12. The average Bonchev–Trinajstić information content (AvgIpc) is 3.17. The van der Waals surface area contributed by atoms with Crippen molar-refractivity contribution in [1.29, 1.82) is 0 Å². The summed E-state index contributed by atoms with van der Waals surface area (Å²) in [5.41, 5.74) is -1.29. The van der Waals surface area contributed by atoms with Gasteiger partial charge in [0.1, 0.15) is 6.10 Å². The minimum atomic E-state index is -4.67. The van der Waals surface area contributed by atoms with Gasteiger partial charge in [-0.25, -0.2) is 0 Å². The van der Waals surface area contributed by atoms with Crippen LogP contribution < -0.4 is 10.6 Å². The summed E-state index contributed by atoms with van der Waals surface area (Å²) in [7, 11) is 0. The van der Waals surface area contributed by atoms with Gasteiger partial charge in [0.05, 0.1) is 11.3 Å². The molecule has 1 saturated heterocycles. The van der Waals surface area contributed by atoms with Crippen LogP contribution in [0.2, 0.25) is 0 Å². The molecule has 1 aromatic rings. The van der Waals surface area contributed by atoms with Gasteiger partial charge in [0, 0.05) is 18.2 Å². The van der Waals surface area contributed by atoms with Crippen LogP contribution in [-0.2, 0) is 20.5 Å². The third-order valence-corrected chi connectivity index (χ3v) is 4.71. The molecule has 1 aliphatic heterocycles. The van der Waals surface area contributed by atoms with Crippen LogP contribution in [0.4, 0.5) is 24.5 Å². The largest absolute Gasteiger partial charge is 0.418 e. The number of rotatable bonds is 4. The number of carbonyl (C=O) groups is 2. The summed E-state index contributed by atoms with van der Waals surface area (Å²) in [6.45, 7) is 0.465. The lowest BCUT2D eigenvalue weighted by atomic mass is 9.93. The third-order valence-electron chi connectivity index (χ3n) is 4.71. The molecular formula is C19H21F3N2O3. The highest BCUT2D eigenvalue weighted by Gasteiger charge is 2.35. The van der Waals surface area contributed by atoms with Crippen molar-refractivity contribution in [2.75, 3.05) is 17.2 Å². The van der Waals surface area contributed by atoms with E-state index in [0.717, 1.165) is 18.9 Å². The molecule has 1 aromatic carbocycles. The number of amides is 2. The maximum Gasteiger partial charge on any atom is 0.418 e. The lowest BCUT2D eigenvalue weighted by Crippen LogP contribution is -2.27. The van der Waals surface area contributed by atoms with Gasteiger partial charge in [-0.05, 0) is 50.3 Å². The molecule has 2 N–H and O–H groups in total. The van der Waals surface area contributed by atoms with E-state index in [0.29, 0.717) is 25.9 Å². The van der Waals surface area contributed by atoms with Crippen molar-refractivity contribution in [1.82, 2.24) is 0 Å². The van der Waals surface area contributed by atoms with Gasteiger partial charge >= 0.3 is 6.18 Å². The maximum atomic E-state index is 13.5. The molecule has 146 valence electrons. The molecule has 0 saturated carbocycles. The van der Waals surface area contributed by atoms with Gasteiger partial charge in [0.15, 0.2) is 0 Å². The van der Waals surface area contributed by atoms with Crippen molar-refractivity contribution in [2.45, 2.75) is 44.4 Å². The molecule has 0 radical (unpaired) electrons. The highest BCUT2D eigenvalue weighted by Crippen LogP contribution is 2.37. The van der Waals surface area contributed by atoms with Crippen molar-refractivity contribution in [3.63, 3.8) is 0 Å². The topological polar surface area (TPSA) is 67.4 Å². The Kier molecular flexibility index (Phi) is 5.84. The number of hydrogen-bond acceptors (Lipinski definition) is 3. The first-order valence-corrected chi connectivity index (χ1v) is 8.94. The van der Waals surface area contributed by atoms with Crippen LogP contribution in [0.1, 0.15) is 37.7 Å². The molecule has 8 heteroatoms. The Labute approximate surface area is 155 Å². The lowest BCUT2D eigenvalue weighted by molar-refractivity contribution is -0.137. The van der Waals surface area contributed by atoms with Crippen molar-refractivity contribution in [2.24, 2.45) is 5.92 Å². The summed E-state index contributed by atoms with van der Waals surface area (Å²) >= 11 is 0. The van der Waals surface area contributed by atoms with Gasteiger partial charge < -0.3 is 15.4 Å². The molecule has 1 aliphatic carbocycles. The molecule has 27 heavy (non-hydrogen) atoms. The fourth-order valence-electron chi connectivity index (χ4n) is 3.24. The predicted molar refractivity (Wildman–Crippen MR) is 94.2 cm³/mol. The highest BCUT2D eigenvalue weighted by atomic mass is 19.4. The second-order valence-electron chi connectivity index (χ2n) is 6.72. The summed E-state index contributed by atoms with van der Waals surface area (Å²) in [6.07, 6.45) is 1.66. The average molecular weight is 382 g/mol. The van der Waals surface area contributed by atoms with Gasteiger partial charge in [0.25, 0.3) is 5.91 Å². The zero-order valence-electron chi connectivity index (χ0n) is 14.6. The summed E-state index contributed by atoms with van der Waals surface area (Å²) in [5.74, 6) is -1.23. The zero-order chi connectivity index (χ0) is 19.4. The van der Waals surface area contributed by atoms with Gasteiger partial charge in [-0.3, -0.25) is 9.59 Å². The van der Waals surface area contributed by atoms with Crippen molar-refractivity contribution in [3.8, 4) is 0 Å². The van der Waals surface area contributed by atoms with E-state index in [2.05, 4.69) is 10.6 Å². The fourth-order valence-corrected chi connectivity index (χ4v) is 3.24.